The second-order valence-electron chi connectivity index (χ2n) is 9.83. The van der Waals surface area contributed by atoms with Crippen LogP contribution >= 0.6 is 11.6 Å². The molecule has 7 nitrogen and oxygen atoms in total. The van der Waals surface area contributed by atoms with Crippen LogP contribution in [0.2, 0.25) is 5.02 Å². The summed E-state index contributed by atoms with van der Waals surface area (Å²) in [5, 5.41) is 0.708. The van der Waals surface area contributed by atoms with Gasteiger partial charge in [0.1, 0.15) is 6.10 Å². The lowest BCUT2D eigenvalue weighted by Gasteiger charge is -2.41. The van der Waals surface area contributed by atoms with Crippen molar-refractivity contribution in [2.45, 2.75) is 69.7 Å². The SMILES string of the molecule is O=C(OC1CCCCC1)N1C2CCC1CN(Cc1c(-c3ccc(Cl)cc3)nc3ncccn13)C2. The van der Waals surface area contributed by atoms with E-state index in [4.69, 9.17) is 21.3 Å². The van der Waals surface area contributed by atoms with E-state index in [9.17, 15) is 4.79 Å². The van der Waals surface area contributed by atoms with Gasteiger partial charge in [-0.3, -0.25) is 14.2 Å². The van der Waals surface area contributed by atoms with Gasteiger partial charge in [0.25, 0.3) is 0 Å². The largest absolute Gasteiger partial charge is 0.446 e. The fourth-order valence-corrected chi connectivity index (χ4v) is 6.07. The van der Waals surface area contributed by atoms with Crippen LogP contribution in [-0.4, -0.2) is 61.5 Å². The van der Waals surface area contributed by atoms with Crippen LogP contribution in [0.3, 0.4) is 0 Å². The van der Waals surface area contributed by atoms with E-state index in [0.717, 1.165) is 62.3 Å². The third-order valence-corrected chi connectivity index (χ3v) is 7.83. The summed E-state index contributed by atoms with van der Waals surface area (Å²) >= 11 is 6.12. The maximum absolute atomic E-state index is 13.0. The number of ether oxygens (including phenoxy) is 1. The molecule has 1 amide bonds. The summed E-state index contributed by atoms with van der Waals surface area (Å²) in [6.45, 7) is 2.46. The lowest BCUT2D eigenvalue weighted by Crippen LogP contribution is -2.56. The number of rotatable bonds is 4. The molecule has 3 aromatic rings. The molecule has 2 aromatic heterocycles. The highest BCUT2D eigenvalue weighted by atomic mass is 35.5. The number of halogens is 1. The maximum Gasteiger partial charge on any atom is 0.410 e. The van der Waals surface area contributed by atoms with E-state index in [-0.39, 0.29) is 24.3 Å². The number of benzene rings is 1. The monoisotopic (exact) mass is 479 g/mol. The van der Waals surface area contributed by atoms with Gasteiger partial charge in [0.15, 0.2) is 0 Å². The number of likely N-dealkylation sites (tertiary alicyclic amines) is 1. The highest BCUT2D eigenvalue weighted by Gasteiger charge is 2.44. The number of nitrogens with zero attached hydrogens (tertiary/aromatic N) is 5. The van der Waals surface area contributed by atoms with Crippen molar-refractivity contribution < 1.29 is 9.53 Å². The van der Waals surface area contributed by atoms with E-state index < -0.39 is 0 Å². The first kappa shape index (κ1) is 21.9. The van der Waals surface area contributed by atoms with E-state index in [0.29, 0.717) is 10.8 Å². The Balaban J connectivity index is 1.21. The summed E-state index contributed by atoms with van der Waals surface area (Å²) in [6.07, 6.45) is 11.5. The first-order chi connectivity index (χ1) is 16.7. The zero-order chi connectivity index (χ0) is 23.1. The minimum absolute atomic E-state index is 0.0973. The zero-order valence-electron chi connectivity index (χ0n) is 19.3. The predicted octanol–water partition coefficient (Wildman–Crippen LogP) is 5.17. The van der Waals surface area contributed by atoms with E-state index >= 15 is 0 Å². The molecule has 2 unspecified atom stereocenters. The Morgan fingerprint density at radius 1 is 1.03 bits per heavy atom. The quantitative estimate of drug-likeness (QED) is 0.516. The van der Waals surface area contributed by atoms with Crippen LogP contribution in [0.1, 0.15) is 50.6 Å². The number of piperazine rings is 1. The molecule has 2 saturated heterocycles. The van der Waals surface area contributed by atoms with Crippen molar-refractivity contribution in [3.63, 3.8) is 0 Å². The highest BCUT2D eigenvalue weighted by molar-refractivity contribution is 6.30. The molecular weight excluding hydrogens is 450 g/mol. The van der Waals surface area contributed by atoms with Crippen LogP contribution < -0.4 is 0 Å². The Morgan fingerprint density at radius 2 is 1.76 bits per heavy atom. The fourth-order valence-electron chi connectivity index (χ4n) is 5.94. The number of carbonyl (C=O) groups excluding carboxylic acids is 1. The molecule has 2 atom stereocenters. The number of hydrogen-bond donors (Lipinski definition) is 0. The van der Waals surface area contributed by atoms with Gasteiger partial charge in [-0.1, -0.05) is 30.2 Å². The van der Waals surface area contributed by atoms with Crippen LogP contribution in [0.15, 0.2) is 42.7 Å². The molecule has 3 aliphatic rings. The standard InChI is InChI=1S/C26H30ClN5O2/c27-19-9-7-18(8-10-19)24-23(31-14-4-13-28-25(31)29-24)17-30-15-20-11-12-21(16-30)32(20)26(33)34-22-5-2-1-3-6-22/h4,7-10,13-14,20-22H,1-3,5-6,11-12,15-17H2. The predicted molar refractivity (Wildman–Crippen MR) is 131 cm³/mol. The number of aromatic nitrogens is 3. The number of carbonyl (C=O) groups is 1. The smallest absolute Gasteiger partial charge is 0.410 e. The molecule has 1 aliphatic carbocycles. The van der Waals surface area contributed by atoms with Gasteiger partial charge in [0.05, 0.1) is 11.4 Å². The van der Waals surface area contributed by atoms with Gasteiger partial charge in [-0.05, 0) is 56.7 Å². The van der Waals surface area contributed by atoms with Gasteiger partial charge < -0.3 is 4.74 Å². The second kappa shape index (κ2) is 9.19. The minimum atomic E-state index is -0.0973. The normalized spacial score (nSPS) is 23.5. The van der Waals surface area contributed by atoms with Crippen molar-refractivity contribution in [1.82, 2.24) is 24.2 Å². The number of imidazole rings is 1. The molecule has 178 valence electrons. The Hall–Kier alpha value is -2.64. The lowest BCUT2D eigenvalue weighted by molar-refractivity contribution is 0.00920. The molecule has 2 aliphatic heterocycles. The number of hydrogen-bond acceptors (Lipinski definition) is 5. The van der Waals surface area contributed by atoms with Gasteiger partial charge in [-0.2, -0.15) is 0 Å². The molecule has 34 heavy (non-hydrogen) atoms. The molecule has 0 spiro atoms. The molecule has 6 rings (SSSR count). The van der Waals surface area contributed by atoms with Crippen LogP contribution in [-0.2, 0) is 11.3 Å². The summed E-state index contributed by atoms with van der Waals surface area (Å²) < 4.78 is 8.01. The third-order valence-electron chi connectivity index (χ3n) is 7.58. The van der Waals surface area contributed by atoms with Gasteiger partial charge >= 0.3 is 6.09 Å². The summed E-state index contributed by atoms with van der Waals surface area (Å²) in [7, 11) is 0. The first-order valence-electron chi connectivity index (χ1n) is 12.4. The summed E-state index contributed by atoms with van der Waals surface area (Å²) in [6, 6.07) is 10.2. The van der Waals surface area contributed by atoms with Crippen molar-refractivity contribution in [1.29, 1.82) is 0 Å². The lowest BCUT2D eigenvalue weighted by atomic mass is 9.98. The second-order valence-corrected chi connectivity index (χ2v) is 10.3. The van der Waals surface area contributed by atoms with Crippen LogP contribution in [0.25, 0.3) is 17.0 Å². The Labute approximate surface area is 204 Å². The Kier molecular flexibility index (Phi) is 5.91. The molecule has 2 bridgehead atoms. The molecule has 3 fully saturated rings. The fraction of sp³-hybridized carbons (Fsp3) is 0.500. The van der Waals surface area contributed by atoms with E-state index in [1.54, 1.807) is 6.20 Å². The van der Waals surface area contributed by atoms with Crippen molar-refractivity contribution in [2.75, 3.05) is 13.1 Å². The van der Waals surface area contributed by atoms with Crippen LogP contribution in [0, 0.1) is 0 Å². The first-order valence-corrected chi connectivity index (χ1v) is 12.8. The van der Waals surface area contributed by atoms with E-state index in [1.807, 2.05) is 41.4 Å². The van der Waals surface area contributed by atoms with Gasteiger partial charge in [-0.25, -0.2) is 14.8 Å². The summed E-state index contributed by atoms with van der Waals surface area (Å²) in [4.78, 5) is 26.9. The number of fused-ring (bicyclic) bond motifs is 3. The molecule has 8 heteroatoms. The average Bonchev–Trinajstić information content (AvgIpc) is 3.35. The molecular formula is C26H30ClN5O2. The Morgan fingerprint density at radius 3 is 2.50 bits per heavy atom. The van der Waals surface area contributed by atoms with Crippen molar-refractivity contribution >= 4 is 23.5 Å². The van der Waals surface area contributed by atoms with Gasteiger partial charge in [0.2, 0.25) is 5.78 Å². The minimum Gasteiger partial charge on any atom is -0.446 e. The number of amides is 1. The highest BCUT2D eigenvalue weighted by Crippen LogP contribution is 2.34. The van der Waals surface area contributed by atoms with Gasteiger partial charge in [0, 0.05) is 54.7 Å². The molecule has 4 heterocycles. The summed E-state index contributed by atoms with van der Waals surface area (Å²) in [5.74, 6) is 0.695. The zero-order valence-corrected chi connectivity index (χ0v) is 20.0. The molecule has 1 saturated carbocycles. The van der Waals surface area contributed by atoms with E-state index in [2.05, 4.69) is 14.3 Å². The van der Waals surface area contributed by atoms with E-state index in [1.165, 1.54) is 19.3 Å². The van der Waals surface area contributed by atoms with Gasteiger partial charge in [-0.15, -0.1) is 0 Å². The van der Waals surface area contributed by atoms with Crippen LogP contribution in [0.4, 0.5) is 4.79 Å². The molecule has 0 N–H and O–H groups in total. The van der Waals surface area contributed by atoms with Crippen molar-refractivity contribution in [3.05, 3.63) is 53.4 Å². The van der Waals surface area contributed by atoms with Crippen molar-refractivity contribution in [3.8, 4) is 11.3 Å². The van der Waals surface area contributed by atoms with Crippen LogP contribution in [0.5, 0.6) is 0 Å². The molecule has 1 aromatic carbocycles. The van der Waals surface area contributed by atoms with Crippen molar-refractivity contribution in [2.24, 2.45) is 0 Å². The maximum atomic E-state index is 13.0. The Bertz CT molecular complexity index is 1160. The average molecular weight is 480 g/mol. The summed E-state index contributed by atoms with van der Waals surface area (Å²) in [5.41, 5.74) is 3.08. The third kappa shape index (κ3) is 4.16. The molecule has 0 radical (unpaired) electrons. The topological polar surface area (TPSA) is 63.0 Å².